The Labute approximate surface area is 113 Å². The number of hydrogen-bond donors (Lipinski definition) is 1. The van der Waals surface area contributed by atoms with Gasteiger partial charge in [0.1, 0.15) is 24.7 Å². The van der Waals surface area contributed by atoms with Gasteiger partial charge in [0.2, 0.25) is 0 Å². The van der Waals surface area contributed by atoms with Gasteiger partial charge >= 0.3 is 0 Å². The number of ether oxygens (including phenoxy) is 2. The molecule has 2 rings (SSSR count). The number of para-hydroxylation sites is 1. The molecule has 0 aliphatic carbocycles. The van der Waals surface area contributed by atoms with Gasteiger partial charge in [-0.15, -0.1) is 0 Å². The molecule has 0 fully saturated rings. The normalized spacial score (nSPS) is 11.9. The summed E-state index contributed by atoms with van der Waals surface area (Å²) in [7, 11) is 0. The van der Waals surface area contributed by atoms with Gasteiger partial charge in [0.05, 0.1) is 6.10 Å². The maximum atomic E-state index is 9.39. The van der Waals surface area contributed by atoms with E-state index in [4.69, 9.17) is 9.47 Å². The fourth-order valence-corrected chi connectivity index (χ4v) is 1.68. The first-order valence-electron chi connectivity index (χ1n) is 6.34. The van der Waals surface area contributed by atoms with Crippen molar-refractivity contribution in [2.75, 3.05) is 13.2 Å². The van der Waals surface area contributed by atoms with Gasteiger partial charge in [0.25, 0.3) is 0 Å². The Morgan fingerprint density at radius 1 is 0.842 bits per heavy atom. The first-order valence-corrected chi connectivity index (χ1v) is 6.34. The molecular weight excluding hydrogens is 240 g/mol. The second-order valence-corrected chi connectivity index (χ2v) is 4.25. The molecule has 0 heterocycles. The van der Waals surface area contributed by atoms with Crippen molar-refractivity contribution >= 4 is 0 Å². The van der Waals surface area contributed by atoms with Crippen molar-refractivity contribution in [3.8, 4) is 11.5 Å². The van der Waals surface area contributed by atoms with Crippen molar-refractivity contribution in [1.82, 2.24) is 0 Å². The molecule has 0 bridgehead atoms. The molecule has 0 aliphatic heterocycles. The van der Waals surface area contributed by atoms with Crippen LogP contribution in [0.2, 0.25) is 0 Å². The summed E-state index contributed by atoms with van der Waals surface area (Å²) in [5, 5.41) is 9.39. The predicted molar refractivity (Wildman–Crippen MR) is 74.5 cm³/mol. The Kier molecular flexibility index (Phi) is 4.81. The highest BCUT2D eigenvalue weighted by molar-refractivity contribution is 5.28. The molecule has 0 spiro atoms. The standard InChI is InChI=1S/C16H18O3/c1-13(17)14-7-9-16(10-8-14)19-12-11-18-15-5-3-2-4-6-15/h2-10,13,17H,11-12H2,1H3/t13-/m1/s1. The largest absolute Gasteiger partial charge is 0.490 e. The van der Waals surface area contributed by atoms with E-state index in [9.17, 15) is 5.11 Å². The molecule has 1 atom stereocenters. The smallest absolute Gasteiger partial charge is 0.122 e. The van der Waals surface area contributed by atoms with Gasteiger partial charge in [-0.3, -0.25) is 0 Å². The van der Waals surface area contributed by atoms with Crippen molar-refractivity contribution in [1.29, 1.82) is 0 Å². The zero-order valence-corrected chi connectivity index (χ0v) is 11.0. The molecule has 0 saturated heterocycles. The van der Waals surface area contributed by atoms with E-state index in [2.05, 4.69) is 0 Å². The van der Waals surface area contributed by atoms with E-state index in [0.29, 0.717) is 13.2 Å². The van der Waals surface area contributed by atoms with E-state index >= 15 is 0 Å². The summed E-state index contributed by atoms with van der Waals surface area (Å²) in [6.07, 6.45) is -0.449. The monoisotopic (exact) mass is 258 g/mol. The van der Waals surface area contributed by atoms with Gasteiger partial charge in [0, 0.05) is 0 Å². The predicted octanol–water partition coefficient (Wildman–Crippen LogP) is 3.20. The lowest BCUT2D eigenvalue weighted by atomic mass is 10.1. The van der Waals surface area contributed by atoms with Crippen LogP contribution in [0.1, 0.15) is 18.6 Å². The Bertz CT molecular complexity index is 477. The van der Waals surface area contributed by atoms with Crippen LogP contribution < -0.4 is 9.47 Å². The zero-order chi connectivity index (χ0) is 13.5. The quantitative estimate of drug-likeness (QED) is 0.809. The third-order valence-corrected chi connectivity index (χ3v) is 2.73. The van der Waals surface area contributed by atoms with Crippen molar-refractivity contribution in [2.24, 2.45) is 0 Å². The van der Waals surface area contributed by atoms with Gasteiger partial charge in [-0.1, -0.05) is 30.3 Å². The Morgan fingerprint density at radius 3 is 1.89 bits per heavy atom. The van der Waals surface area contributed by atoms with Crippen LogP contribution in [0.15, 0.2) is 54.6 Å². The van der Waals surface area contributed by atoms with Crippen molar-refractivity contribution in [3.05, 3.63) is 60.2 Å². The van der Waals surface area contributed by atoms with Crippen LogP contribution in [0, 0.1) is 0 Å². The zero-order valence-electron chi connectivity index (χ0n) is 11.0. The fourth-order valence-electron chi connectivity index (χ4n) is 1.68. The van der Waals surface area contributed by atoms with Crippen LogP contribution >= 0.6 is 0 Å². The lowest BCUT2D eigenvalue weighted by Gasteiger charge is -2.09. The summed E-state index contributed by atoms with van der Waals surface area (Å²) in [6, 6.07) is 17.1. The minimum absolute atomic E-state index is 0.449. The van der Waals surface area contributed by atoms with E-state index in [1.54, 1.807) is 6.92 Å². The third-order valence-electron chi connectivity index (χ3n) is 2.73. The van der Waals surface area contributed by atoms with Crippen LogP contribution in [-0.4, -0.2) is 18.3 Å². The van der Waals surface area contributed by atoms with Crippen molar-refractivity contribution in [3.63, 3.8) is 0 Å². The summed E-state index contributed by atoms with van der Waals surface area (Å²) in [4.78, 5) is 0. The first kappa shape index (κ1) is 13.4. The Balaban J connectivity index is 1.74. The van der Waals surface area contributed by atoms with Crippen LogP contribution in [0.3, 0.4) is 0 Å². The lowest BCUT2D eigenvalue weighted by Crippen LogP contribution is -2.08. The van der Waals surface area contributed by atoms with Crippen molar-refractivity contribution < 1.29 is 14.6 Å². The second-order valence-electron chi connectivity index (χ2n) is 4.25. The average Bonchev–Trinajstić information content (AvgIpc) is 2.45. The van der Waals surface area contributed by atoms with E-state index in [0.717, 1.165) is 17.1 Å². The highest BCUT2D eigenvalue weighted by Crippen LogP contribution is 2.17. The maximum Gasteiger partial charge on any atom is 0.122 e. The molecule has 0 saturated carbocycles. The molecule has 0 unspecified atom stereocenters. The number of aliphatic hydroxyl groups is 1. The maximum absolute atomic E-state index is 9.39. The molecular formula is C16H18O3. The number of hydrogen-bond acceptors (Lipinski definition) is 3. The van der Waals surface area contributed by atoms with Gasteiger partial charge in [-0.2, -0.15) is 0 Å². The van der Waals surface area contributed by atoms with Crippen LogP contribution in [0.5, 0.6) is 11.5 Å². The SMILES string of the molecule is C[C@@H](O)c1ccc(OCCOc2ccccc2)cc1. The summed E-state index contributed by atoms with van der Waals surface area (Å²) < 4.78 is 11.1. The summed E-state index contributed by atoms with van der Waals surface area (Å²) >= 11 is 0. The summed E-state index contributed by atoms with van der Waals surface area (Å²) in [5.41, 5.74) is 0.882. The minimum Gasteiger partial charge on any atom is -0.490 e. The van der Waals surface area contributed by atoms with Gasteiger partial charge in [-0.05, 0) is 36.8 Å². The average molecular weight is 258 g/mol. The molecule has 2 aromatic rings. The molecule has 3 heteroatoms. The van der Waals surface area contributed by atoms with Gasteiger partial charge < -0.3 is 14.6 Å². The van der Waals surface area contributed by atoms with Gasteiger partial charge in [-0.25, -0.2) is 0 Å². The minimum atomic E-state index is -0.449. The highest BCUT2D eigenvalue weighted by atomic mass is 16.5. The first-order chi connectivity index (χ1) is 9.25. The van der Waals surface area contributed by atoms with Crippen molar-refractivity contribution in [2.45, 2.75) is 13.0 Å². The number of benzene rings is 2. The van der Waals surface area contributed by atoms with Crippen LogP contribution in [-0.2, 0) is 0 Å². The molecule has 0 aliphatic rings. The third kappa shape index (κ3) is 4.30. The highest BCUT2D eigenvalue weighted by Gasteiger charge is 2.00. The molecule has 0 amide bonds. The van der Waals surface area contributed by atoms with E-state index in [1.807, 2.05) is 54.6 Å². The molecule has 2 aromatic carbocycles. The van der Waals surface area contributed by atoms with E-state index in [-0.39, 0.29) is 0 Å². The van der Waals surface area contributed by atoms with Crippen LogP contribution in [0.25, 0.3) is 0 Å². The fraction of sp³-hybridized carbons (Fsp3) is 0.250. The molecule has 0 radical (unpaired) electrons. The summed E-state index contributed by atoms with van der Waals surface area (Å²) in [5.74, 6) is 1.62. The molecule has 3 nitrogen and oxygen atoms in total. The van der Waals surface area contributed by atoms with E-state index in [1.165, 1.54) is 0 Å². The second kappa shape index (κ2) is 6.81. The van der Waals surface area contributed by atoms with Gasteiger partial charge in [0.15, 0.2) is 0 Å². The number of aliphatic hydroxyl groups excluding tert-OH is 1. The Morgan fingerprint density at radius 2 is 1.37 bits per heavy atom. The number of rotatable bonds is 6. The summed E-state index contributed by atoms with van der Waals surface area (Å²) in [6.45, 7) is 2.73. The molecule has 1 N–H and O–H groups in total. The molecule has 100 valence electrons. The Hall–Kier alpha value is -2.00. The lowest BCUT2D eigenvalue weighted by molar-refractivity contribution is 0.198. The molecule has 19 heavy (non-hydrogen) atoms. The molecule has 0 aromatic heterocycles. The van der Waals surface area contributed by atoms with E-state index < -0.39 is 6.10 Å². The van der Waals surface area contributed by atoms with Crippen LogP contribution in [0.4, 0.5) is 0 Å². The topological polar surface area (TPSA) is 38.7 Å².